The van der Waals surface area contributed by atoms with Crippen molar-refractivity contribution >= 4 is 23.6 Å². The van der Waals surface area contributed by atoms with Gasteiger partial charge in [-0.3, -0.25) is 19.2 Å². The Hall–Kier alpha value is -2.20. The van der Waals surface area contributed by atoms with Crippen LogP contribution in [0.1, 0.15) is 12.8 Å². The van der Waals surface area contributed by atoms with Gasteiger partial charge in [-0.1, -0.05) is 0 Å². The monoisotopic (exact) mass is 318 g/mol. The van der Waals surface area contributed by atoms with E-state index in [0.29, 0.717) is 12.8 Å². The van der Waals surface area contributed by atoms with E-state index in [0.717, 1.165) is 0 Å². The van der Waals surface area contributed by atoms with Gasteiger partial charge < -0.3 is 31.5 Å². The second-order valence-electron chi connectivity index (χ2n) is 4.18. The molecule has 0 saturated carbocycles. The van der Waals surface area contributed by atoms with E-state index in [4.69, 9.17) is 10.2 Å². The lowest BCUT2D eigenvalue weighted by Gasteiger charge is -2.07. The smallest absolute Gasteiger partial charge is 0.309 e. The van der Waals surface area contributed by atoms with Crippen molar-refractivity contribution < 1.29 is 29.4 Å². The van der Waals surface area contributed by atoms with Crippen LogP contribution in [0.2, 0.25) is 0 Å². The molecule has 0 aromatic carbocycles. The third-order valence-electron chi connectivity index (χ3n) is 2.38. The molecule has 0 fully saturated rings. The van der Waals surface area contributed by atoms with Gasteiger partial charge in [-0.25, -0.2) is 0 Å². The highest BCUT2D eigenvalue weighted by atomic mass is 16.3. The van der Waals surface area contributed by atoms with Crippen molar-refractivity contribution in [1.29, 1.82) is 0 Å². The summed E-state index contributed by atoms with van der Waals surface area (Å²) in [6.45, 7) is 0.0262. The number of carbonyl (C=O) groups is 4. The molecule has 0 atom stereocenters. The van der Waals surface area contributed by atoms with Crippen LogP contribution < -0.4 is 21.3 Å². The first-order valence-electron chi connectivity index (χ1n) is 6.86. The molecule has 0 aromatic rings. The Bertz CT molecular complexity index is 352. The third-order valence-corrected chi connectivity index (χ3v) is 2.38. The molecule has 10 nitrogen and oxygen atoms in total. The van der Waals surface area contributed by atoms with Gasteiger partial charge in [0.15, 0.2) is 0 Å². The lowest BCUT2D eigenvalue weighted by Crippen LogP contribution is -2.42. The number of hydrogen-bond donors (Lipinski definition) is 6. The normalized spacial score (nSPS) is 9.73. The highest BCUT2D eigenvalue weighted by Gasteiger charge is 2.12. The summed E-state index contributed by atoms with van der Waals surface area (Å²) in [5.41, 5.74) is 0. The van der Waals surface area contributed by atoms with Gasteiger partial charge in [-0.2, -0.15) is 0 Å². The van der Waals surface area contributed by atoms with Crippen LogP contribution in [-0.2, 0) is 19.2 Å². The zero-order valence-electron chi connectivity index (χ0n) is 12.2. The van der Waals surface area contributed by atoms with Crippen molar-refractivity contribution in [1.82, 2.24) is 21.3 Å². The van der Waals surface area contributed by atoms with Crippen LogP contribution in [-0.4, -0.2) is 73.2 Å². The van der Waals surface area contributed by atoms with Crippen LogP contribution in [0.5, 0.6) is 0 Å². The molecule has 0 heterocycles. The summed E-state index contributed by atoms with van der Waals surface area (Å²) in [5.74, 6) is -3.22. The average Bonchev–Trinajstić information content (AvgIpc) is 2.52. The van der Waals surface area contributed by atoms with Gasteiger partial charge in [0.05, 0.1) is 13.2 Å². The van der Waals surface area contributed by atoms with E-state index in [2.05, 4.69) is 21.3 Å². The molecule has 0 saturated heterocycles. The number of rotatable bonds is 9. The van der Waals surface area contributed by atoms with Crippen molar-refractivity contribution in [2.75, 3.05) is 39.4 Å². The van der Waals surface area contributed by atoms with E-state index in [1.54, 1.807) is 0 Å². The van der Waals surface area contributed by atoms with Gasteiger partial charge in [-0.15, -0.1) is 0 Å². The minimum absolute atomic E-state index is 0.0105. The molecular formula is C12H22N4O6. The van der Waals surface area contributed by atoms with Crippen LogP contribution in [0, 0.1) is 0 Å². The van der Waals surface area contributed by atoms with Gasteiger partial charge >= 0.3 is 23.6 Å². The van der Waals surface area contributed by atoms with Crippen LogP contribution in [0.3, 0.4) is 0 Å². The quantitative estimate of drug-likeness (QED) is 0.189. The Morgan fingerprint density at radius 2 is 0.818 bits per heavy atom. The number of nitrogens with one attached hydrogen (secondary N) is 4. The summed E-state index contributed by atoms with van der Waals surface area (Å²) in [7, 11) is 0. The molecule has 126 valence electrons. The van der Waals surface area contributed by atoms with Crippen molar-refractivity contribution in [2.24, 2.45) is 0 Å². The summed E-state index contributed by atoms with van der Waals surface area (Å²) in [4.78, 5) is 44.7. The highest BCUT2D eigenvalue weighted by molar-refractivity contribution is 6.35. The number of carbonyl (C=O) groups excluding carboxylic acids is 4. The van der Waals surface area contributed by atoms with Crippen molar-refractivity contribution in [3.63, 3.8) is 0 Å². The van der Waals surface area contributed by atoms with Crippen molar-refractivity contribution in [3.8, 4) is 0 Å². The van der Waals surface area contributed by atoms with E-state index in [1.807, 2.05) is 0 Å². The molecule has 4 amide bonds. The fraction of sp³-hybridized carbons (Fsp3) is 0.667. The van der Waals surface area contributed by atoms with Gasteiger partial charge in [0.1, 0.15) is 0 Å². The number of hydrogen-bond acceptors (Lipinski definition) is 6. The van der Waals surface area contributed by atoms with Crippen molar-refractivity contribution in [3.05, 3.63) is 0 Å². The molecule has 0 aliphatic heterocycles. The van der Waals surface area contributed by atoms with Gasteiger partial charge in [-0.05, 0) is 12.8 Å². The fourth-order valence-electron chi connectivity index (χ4n) is 1.31. The zero-order valence-corrected chi connectivity index (χ0v) is 12.2. The van der Waals surface area contributed by atoms with E-state index < -0.39 is 23.6 Å². The SMILES string of the molecule is O=C(NCCO)C(=O)NCCCCNC(=O)C(=O)NCCO. The summed E-state index contributed by atoms with van der Waals surface area (Å²) in [6.07, 6.45) is 1.02. The summed E-state index contributed by atoms with van der Waals surface area (Å²) >= 11 is 0. The van der Waals surface area contributed by atoms with Crippen molar-refractivity contribution in [2.45, 2.75) is 12.8 Å². The first-order chi connectivity index (χ1) is 10.5. The van der Waals surface area contributed by atoms with Crippen LogP contribution in [0.25, 0.3) is 0 Å². The predicted octanol–water partition coefficient (Wildman–Crippen LogP) is -3.78. The minimum atomic E-state index is -0.817. The molecule has 0 aliphatic rings. The molecule has 0 unspecified atom stereocenters. The fourth-order valence-corrected chi connectivity index (χ4v) is 1.31. The lowest BCUT2D eigenvalue weighted by atomic mass is 10.3. The maximum atomic E-state index is 11.2. The molecule has 10 heteroatoms. The standard InChI is InChI=1S/C12H22N4O6/c17-7-5-15-11(21)9(19)13-3-1-2-4-14-10(20)12(22)16-6-8-18/h17-18H,1-8H2,(H,13,19)(H,14,20)(H,15,21)(H,16,22). The van der Waals surface area contributed by atoms with Gasteiger partial charge in [0.25, 0.3) is 0 Å². The van der Waals surface area contributed by atoms with Crippen LogP contribution in [0.4, 0.5) is 0 Å². The molecular weight excluding hydrogens is 296 g/mol. The first-order valence-corrected chi connectivity index (χ1v) is 6.86. The summed E-state index contributed by atoms with van der Waals surface area (Å²) < 4.78 is 0. The first kappa shape index (κ1) is 19.8. The molecule has 0 bridgehead atoms. The highest BCUT2D eigenvalue weighted by Crippen LogP contribution is 1.85. The summed E-state index contributed by atoms with van der Waals surface area (Å²) in [5, 5.41) is 26.1. The largest absolute Gasteiger partial charge is 0.395 e. The lowest BCUT2D eigenvalue weighted by molar-refractivity contribution is -0.139. The van der Waals surface area contributed by atoms with Crippen LogP contribution >= 0.6 is 0 Å². The Morgan fingerprint density at radius 3 is 1.09 bits per heavy atom. The maximum Gasteiger partial charge on any atom is 0.309 e. The Morgan fingerprint density at radius 1 is 0.545 bits per heavy atom. The molecule has 6 N–H and O–H groups in total. The van der Waals surface area contributed by atoms with E-state index in [-0.39, 0.29) is 39.4 Å². The summed E-state index contributed by atoms with van der Waals surface area (Å²) in [6, 6.07) is 0. The Kier molecular flexibility index (Phi) is 11.3. The Labute approximate surface area is 127 Å². The third kappa shape index (κ3) is 9.66. The van der Waals surface area contributed by atoms with Gasteiger partial charge in [0.2, 0.25) is 0 Å². The zero-order chi connectivity index (χ0) is 16.8. The molecule has 0 aliphatic carbocycles. The van der Waals surface area contributed by atoms with E-state index >= 15 is 0 Å². The number of aliphatic hydroxyl groups excluding tert-OH is 2. The molecule has 22 heavy (non-hydrogen) atoms. The van der Waals surface area contributed by atoms with E-state index in [1.165, 1.54) is 0 Å². The molecule has 0 aromatic heterocycles. The number of unbranched alkanes of at least 4 members (excludes halogenated alkanes) is 1. The number of aliphatic hydroxyl groups is 2. The minimum Gasteiger partial charge on any atom is -0.395 e. The second-order valence-corrected chi connectivity index (χ2v) is 4.18. The maximum absolute atomic E-state index is 11.2. The van der Waals surface area contributed by atoms with E-state index in [9.17, 15) is 19.2 Å². The van der Waals surface area contributed by atoms with Gasteiger partial charge in [0, 0.05) is 26.2 Å². The number of amides is 4. The second kappa shape index (κ2) is 12.5. The Balaban J connectivity index is 3.61. The molecule has 0 radical (unpaired) electrons. The predicted molar refractivity (Wildman–Crippen MR) is 75.4 cm³/mol. The molecule has 0 spiro atoms. The average molecular weight is 318 g/mol. The topological polar surface area (TPSA) is 157 Å². The van der Waals surface area contributed by atoms with Crippen LogP contribution in [0.15, 0.2) is 0 Å². The molecule has 0 rings (SSSR count).